The molecule has 6 rings (SSSR count). The third-order valence-electron chi connectivity index (χ3n) is 12.6. The van der Waals surface area contributed by atoms with Crippen LogP contribution in [0.5, 0.6) is 0 Å². The van der Waals surface area contributed by atoms with Gasteiger partial charge >= 0.3 is 11.5 Å². The zero-order valence-corrected chi connectivity index (χ0v) is 43.5. The number of thioether (sulfide) groups is 1. The number of piperidine rings is 1. The van der Waals surface area contributed by atoms with E-state index in [9.17, 15) is 44.7 Å². The molecule has 3 N–H and O–H groups in total. The van der Waals surface area contributed by atoms with Crippen LogP contribution in [0, 0.1) is 5.92 Å². The molecule has 1 unspecified atom stereocenters. The van der Waals surface area contributed by atoms with Gasteiger partial charge in [-0.2, -0.15) is 13.2 Å². The van der Waals surface area contributed by atoms with Crippen molar-refractivity contribution >= 4 is 66.5 Å². The van der Waals surface area contributed by atoms with E-state index in [1.807, 2.05) is 90.6 Å². The summed E-state index contributed by atoms with van der Waals surface area (Å²) in [5, 5.41) is 15.1. The van der Waals surface area contributed by atoms with Gasteiger partial charge in [0.25, 0.3) is 25.8 Å². The number of rotatable bonds is 25. The molecule has 1 heterocycles. The average molecular weight is 1070 g/mol. The van der Waals surface area contributed by atoms with Gasteiger partial charge in [-0.1, -0.05) is 85.5 Å². The lowest BCUT2D eigenvalue weighted by molar-refractivity contribution is -0.143. The van der Waals surface area contributed by atoms with E-state index < -0.39 is 58.9 Å². The standard InChI is InChI=1S/C53H62ClF3N4O8S3/c1-3-69-50(62)18-10-5-4-6-13-32-60(2)33-31-42(37-70-44-14-8-7-9-15-44)58-48-28-27-45(36-49(48)71(65,66)53(55,56)57)72(67,68)59-52(64)40-21-25-43(26-22-40)61-34-29-39(30-35-61)51(63)47-17-12-11-16-46(47)38-19-23-41(54)24-20-38/h7-9,11-12,14-17,19-28,36,39,42,51,58,63H,3-6,10,13,18,29-35,37H2,1-2H3,(H,59,64)/t42?,51-/m1/s1. The van der Waals surface area contributed by atoms with Gasteiger partial charge in [0.2, 0.25) is 0 Å². The van der Waals surface area contributed by atoms with Gasteiger partial charge in [0.1, 0.15) is 4.90 Å². The number of carbonyl (C=O) groups excluding carboxylic acids is 2. The highest BCUT2D eigenvalue weighted by Crippen LogP contribution is 2.39. The fourth-order valence-corrected chi connectivity index (χ4v) is 11.7. The Hall–Kier alpha value is -5.11. The van der Waals surface area contributed by atoms with E-state index in [4.69, 9.17) is 16.3 Å². The van der Waals surface area contributed by atoms with E-state index in [2.05, 4.69) is 15.1 Å². The van der Waals surface area contributed by atoms with Gasteiger partial charge in [-0.25, -0.2) is 21.6 Å². The highest BCUT2D eigenvalue weighted by atomic mass is 35.5. The molecule has 0 aliphatic carbocycles. The number of alkyl halides is 3. The number of aliphatic hydroxyl groups excluding tert-OH is 1. The molecule has 5 aromatic rings. The number of hydrogen-bond donors (Lipinski definition) is 3. The predicted molar refractivity (Wildman–Crippen MR) is 279 cm³/mol. The first kappa shape index (κ1) is 56.2. The van der Waals surface area contributed by atoms with Crippen LogP contribution in [0.4, 0.5) is 24.5 Å². The van der Waals surface area contributed by atoms with Gasteiger partial charge in [0.05, 0.1) is 23.3 Å². The van der Waals surface area contributed by atoms with E-state index in [1.165, 1.54) is 23.9 Å². The molecule has 1 aliphatic rings. The van der Waals surface area contributed by atoms with Crippen molar-refractivity contribution in [2.45, 2.75) is 97.1 Å². The molecule has 0 radical (unpaired) electrons. The number of halogens is 4. The second kappa shape index (κ2) is 26.2. The molecule has 0 saturated carbocycles. The fraction of sp³-hybridized carbons (Fsp3) is 0.396. The summed E-state index contributed by atoms with van der Waals surface area (Å²) < 4.78 is 103. The Morgan fingerprint density at radius 1 is 0.847 bits per heavy atom. The Bertz CT molecular complexity index is 2780. The molecule has 0 bridgehead atoms. The number of anilines is 2. The van der Waals surface area contributed by atoms with Gasteiger partial charge in [0, 0.05) is 52.5 Å². The number of nitrogens with zero attached hydrogens (tertiary/aromatic N) is 2. The minimum Gasteiger partial charge on any atom is -0.466 e. The first-order valence-electron chi connectivity index (χ1n) is 24.1. The maximum Gasteiger partial charge on any atom is 0.501 e. The predicted octanol–water partition coefficient (Wildman–Crippen LogP) is 11.2. The van der Waals surface area contributed by atoms with Crippen molar-refractivity contribution in [1.29, 1.82) is 0 Å². The van der Waals surface area contributed by atoms with E-state index in [0.717, 1.165) is 78.1 Å². The van der Waals surface area contributed by atoms with Crippen LogP contribution in [0.3, 0.4) is 0 Å². The van der Waals surface area contributed by atoms with E-state index in [0.29, 0.717) is 68.8 Å². The Morgan fingerprint density at radius 2 is 1.50 bits per heavy atom. The molecule has 72 heavy (non-hydrogen) atoms. The van der Waals surface area contributed by atoms with Gasteiger partial charge in [-0.05, 0) is 149 Å². The van der Waals surface area contributed by atoms with E-state index in [-0.39, 0.29) is 17.5 Å². The van der Waals surface area contributed by atoms with Crippen molar-refractivity contribution in [3.63, 3.8) is 0 Å². The van der Waals surface area contributed by atoms with Gasteiger partial charge in [0.15, 0.2) is 0 Å². The maximum absolute atomic E-state index is 14.3. The summed E-state index contributed by atoms with van der Waals surface area (Å²) >= 11 is 7.54. The van der Waals surface area contributed by atoms with E-state index in [1.54, 1.807) is 19.1 Å². The number of benzene rings is 5. The van der Waals surface area contributed by atoms with Crippen molar-refractivity contribution in [2.75, 3.05) is 55.8 Å². The summed E-state index contributed by atoms with van der Waals surface area (Å²) in [5.41, 5.74) is -2.80. The number of amides is 1. The Kier molecular flexibility index (Phi) is 20.5. The second-order valence-corrected chi connectivity index (χ2v) is 23.0. The third kappa shape index (κ3) is 15.7. The molecule has 0 spiro atoms. The summed E-state index contributed by atoms with van der Waals surface area (Å²) in [6.07, 6.45) is 5.84. The van der Waals surface area contributed by atoms with Crippen molar-refractivity contribution in [1.82, 2.24) is 9.62 Å². The summed E-state index contributed by atoms with van der Waals surface area (Å²) in [6, 6.07) is 32.5. The van der Waals surface area contributed by atoms with Gasteiger partial charge in [-0.15, -0.1) is 11.8 Å². The first-order chi connectivity index (χ1) is 34.4. The number of carbonyl (C=O) groups is 2. The van der Waals surface area contributed by atoms with Crippen LogP contribution in [-0.2, 0) is 29.4 Å². The lowest BCUT2D eigenvalue weighted by Gasteiger charge is -2.36. The number of sulfonamides is 1. The summed E-state index contributed by atoms with van der Waals surface area (Å²) in [7, 11) is -9.07. The topological polar surface area (TPSA) is 162 Å². The summed E-state index contributed by atoms with van der Waals surface area (Å²) in [4.78, 5) is 27.9. The quantitative estimate of drug-likeness (QED) is 0.0289. The smallest absolute Gasteiger partial charge is 0.466 e. The number of aliphatic hydroxyl groups is 1. The minimum absolute atomic E-state index is 0.0254. The summed E-state index contributed by atoms with van der Waals surface area (Å²) in [6.45, 7) is 4.59. The Balaban J connectivity index is 1.09. The SMILES string of the molecule is CCOC(=O)CCCCCCCN(C)CCC(CSc1ccccc1)Nc1ccc(S(=O)(=O)NC(=O)c2ccc(N3CCC([C@@H](O)c4ccccc4-c4ccc(Cl)cc4)CC3)cc2)cc1S(=O)(=O)C(F)(F)F. The molecule has 1 saturated heterocycles. The minimum atomic E-state index is -6.10. The second-order valence-electron chi connectivity index (χ2n) is 17.8. The van der Waals surface area contributed by atoms with Crippen molar-refractivity contribution in [2.24, 2.45) is 5.92 Å². The number of unbranched alkanes of at least 4 members (excludes halogenated alkanes) is 4. The van der Waals surface area contributed by atoms with Crippen LogP contribution in [0.15, 0.2) is 136 Å². The number of ether oxygens (including phenoxy) is 1. The Labute approximate surface area is 430 Å². The maximum atomic E-state index is 14.3. The monoisotopic (exact) mass is 1070 g/mol. The van der Waals surface area contributed by atoms with Crippen LogP contribution in [0.2, 0.25) is 5.02 Å². The molecule has 2 atom stereocenters. The average Bonchev–Trinajstić information content (AvgIpc) is 3.37. The molecule has 388 valence electrons. The zero-order valence-electron chi connectivity index (χ0n) is 40.3. The van der Waals surface area contributed by atoms with Crippen LogP contribution in [0.25, 0.3) is 11.1 Å². The molecular weight excluding hydrogens is 1010 g/mol. The van der Waals surface area contributed by atoms with Crippen molar-refractivity contribution in [3.8, 4) is 11.1 Å². The lowest BCUT2D eigenvalue weighted by atomic mass is 9.84. The van der Waals surface area contributed by atoms with Crippen LogP contribution in [-0.4, -0.2) is 95.9 Å². The lowest BCUT2D eigenvalue weighted by Crippen LogP contribution is -2.36. The molecule has 1 aliphatic heterocycles. The van der Waals surface area contributed by atoms with Crippen LogP contribution < -0.4 is 14.9 Å². The van der Waals surface area contributed by atoms with Crippen LogP contribution in [0.1, 0.15) is 86.7 Å². The summed E-state index contributed by atoms with van der Waals surface area (Å²) in [5.74, 6) is -0.959. The highest BCUT2D eigenvalue weighted by molar-refractivity contribution is 7.99. The number of sulfone groups is 1. The normalized spacial score (nSPS) is 14.5. The number of hydrogen-bond acceptors (Lipinski definition) is 12. The number of esters is 1. The molecule has 5 aromatic carbocycles. The van der Waals surface area contributed by atoms with E-state index >= 15 is 0 Å². The van der Waals surface area contributed by atoms with Gasteiger partial charge in [-0.3, -0.25) is 9.59 Å². The molecule has 19 heteroatoms. The first-order valence-corrected chi connectivity index (χ1v) is 28.4. The molecular formula is C53H62ClF3N4O8S3. The molecule has 1 amide bonds. The largest absolute Gasteiger partial charge is 0.501 e. The van der Waals surface area contributed by atoms with Crippen LogP contribution >= 0.6 is 23.4 Å². The molecule has 1 fully saturated rings. The number of nitrogens with one attached hydrogen (secondary N) is 2. The van der Waals surface area contributed by atoms with Gasteiger partial charge < -0.3 is 25.0 Å². The molecule has 0 aromatic heterocycles. The Morgan fingerprint density at radius 3 is 2.18 bits per heavy atom. The fourth-order valence-electron chi connectivity index (χ4n) is 8.61. The third-order valence-corrected chi connectivity index (χ3v) is 16.9. The van der Waals surface area contributed by atoms with Crippen molar-refractivity contribution in [3.05, 3.63) is 137 Å². The van der Waals surface area contributed by atoms with Crippen molar-refractivity contribution < 1.29 is 49.4 Å². The molecule has 12 nitrogen and oxygen atoms in total. The zero-order chi connectivity index (χ0) is 51.9. The highest BCUT2D eigenvalue weighted by Gasteiger charge is 2.48.